The minimum Gasteiger partial charge on any atom is -0.488 e. The van der Waals surface area contributed by atoms with Gasteiger partial charge in [0, 0.05) is 29.8 Å². The number of hydrogen-bond donors (Lipinski definition) is 2. The van der Waals surface area contributed by atoms with Crippen molar-refractivity contribution >= 4 is 12.4 Å². The highest BCUT2D eigenvalue weighted by molar-refractivity contribution is 5.85. The molecule has 28 heavy (non-hydrogen) atoms. The zero-order valence-corrected chi connectivity index (χ0v) is 16.5. The molecule has 2 aromatic rings. The highest BCUT2D eigenvalue weighted by Gasteiger charge is 2.40. The Balaban J connectivity index is 0.00000225. The van der Waals surface area contributed by atoms with E-state index in [9.17, 15) is 8.78 Å². The lowest BCUT2D eigenvalue weighted by Gasteiger charge is -2.23. The standard InChI is InChI=1S/C21H25F2N3O.ClH/c22-16-3-4-17(18-11-19(18)26-12-14-5-8-24-9-6-14)20(10-16)27-13-15-2-1-7-25-21(15)23;/h1-4,7,10,14,18-19,24,26H,5-6,8-9,11-13H2;1H/t18-,19+;/m0./s1. The third-order valence-corrected chi connectivity index (χ3v) is 5.51. The maximum absolute atomic E-state index is 13.7. The van der Waals surface area contributed by atoms with E-state index >= 15 is 0 Å². The summed E-state index contributed by atoms with van der Waals surface area (Å²) in [7, 11) is 0. The van der Waals surface area contributed by atoms with E-state index in [0.717, 1.165) is 37.5 Å². The van der Waals surface area contributed by atoms with Crippen LogP contribution in [0.15, 0.2) is 36.5 Å². The molecule has 0 radical (unpaired) electrons. The molecule has 1 aromatic heterocycles. The van der Waals surface area contributed by atoms with Crippen LogP contribution in [-0.4, -0.2) is 30.7 Å². The van der Waals surface area contributed by atoms with Crippen LogP contribution in [0.25, 0.3) is 0 Å². The lowest BCUT2D eigenvalue weighted by Crippen LogP contribution is -2.34. The fourth-order valence-electron chi connectivity index (χ4n) is 3.79. The quantitative estimate of drug-likeness (QED) is 0.683. The number of nitrogens with zero attached hydrogens (tertiary/aromatic N) is 1. The topological polar surface area (TPSA) is 46.2 Å². The van der Waals surface area contributed by atoms with Gasteiger partial charge >= 0.3 is 0 Å². The molecule has 0 bridgehead atoms. The van der Waals surface area contributed by atoms with E-state index in [-0.39, 0.29) is 24.8 Å². The first-order valence-corrected chi connectivity index (χ1v) is 9.66. The van der Waals surface area contributed by atoms with Crippen LogP contribution in [0.2, 0.25) is 0 Å². The van der Waals surface area contributed by atoms with Gasteiger partial charge < -0.3 is 15.4 Å². The Bertz CT molecular complexity index is 786. The Morgan fingerprint density at radius 3 is 2.79 bits per heavy atom. The second-order valence-corrected chi connectivity index (χ2v) is 7.47. The zero-order valence-electron chi connectivity index (χ0n) is 15.7. The predicted molar refractivity (Wildman–Crippen MR) is 107 cm³/mol. The third kappa shape index (κ3) is 5.19. The van der Waals surface area contributed by atoms with Gasteiger partial charge in [-0.25, -0.2) is 9.37 Å². The van der Waals surface area contributed by atoms with Crippen molar-refractivity contribution in [1.29, 1.82) is 0 Å². The van der Waals surface area contributed by atoms with Crippen LogP contribution in [-0.2, 0) is 6.61 Å². The van der Waals surface area contributed by atoms with E-state index in [1.54, 1.807) is 18.2 Å². The number of hydrogen-bond acceptors (Lipinski definition) is 4. The molecule has 4 nitrogen and oxygen atoms in total. The summed E-state index contributed by atoms with van der Waals surface area (Å²) in [4.78, 5) is 3.62. The van der Waals surface area contributed by atoms with E-state index in [2.05, 4.69) is 15.6 Å². The number of piperidine rings is 1. The monoisotopic (exact) mass is 409 g/mol. The van der Waals surface area contributed by atoms with Gasteiger partial charge in [-0.15, -0.1) is 12.4 Å². The molecule has 2 atom stereocenters. The van der Waals surface area contributed by atoms with Crippen molar-refractivity contribution in [2.75, 3.05) is 19.6 Å². The van der Waals surface area contributed by atoms with Crippen LogP contribution < -0.4 is 15.4 Å². The second-order valence-electron chi connectivity index (χ2n) is 7.47. The Kier molecular flexibility index (Phi) is 7.21. The molecular formula is C21H26ClF2N3O. The molecule has 0 spiro atoms. The second kappa shape index (κ2) is 9.63. The van der Waals surface area contributed by atoms with E-state index in [1.165, 1.54) is 31.2 Å². The fourth-order valence-corrected chi connectivity index (χ4v) is 3.79. The highest BCUT2D eigenvalue weighted by Crippen LogP contribution is 2.45. The van der Waals surface area contributed by atoms with Gasteiger partial charge in [-0.2, -0.15) is 4.39 Å². The minimum absolute atomic E-state index is 0. The molecule has 1 aromatic carbocycles. The summed E-state index contributed by atoms with van der Waals surface area (Å²) in [5, 5.41) is 7.04. The molecule has 152 valence electrons. The lowest BCUT2D eigenvalue weighted by atomic mass is 9.98. The molecule has 2 heterocycles. The molecule has 1 saturated heterocycles. The van der Waals surface area contributed by atoms with Gasteiger partial charge in [0.2, 0.25) is 5.95 Å². The number of aromatic nitrogens is 1. The van der Waals surface area contributed by atoms with Crippen molar-refractivity contribution in [3.8, 4) is 5.75 Å². The van der Waals surface area contributed by atoms with Crippen molar-refractivity contribution in [2.24, 2.45) is 5.92 Å². The van der Waals surface area contributed by atoms with Gasteiger partial charge in [0.15, 0.2) is 0 Å². The van der Waals surface area contributed by atoms with Crippen molar-refractivity contribution in [2.45, 2.75) is 37.8 Å². The number of ether oxygens (including phenoxy) is 1. The molecule has 1 aliphatic carbocycles. The van der Waals surface area contributed by atoms with Crippen LogP contribution in [0, 0.1) is 17.7 Å². The summed E-state index contributed by atoms with van der Waals surface area (Å²) in [6.45, 7) is 3.26. The van der Waals surface area contributed by atoms with Crippen molar-refractivity contribution in [1.82, 2.24) is 15.6 Å². The molecule has 1 aliphatic heterocycles. The maximum atomic E-state index is 13.7. The smallest absolute Gasteiger partial charge is 0.219 e. The average molecular weight is 410 g/mol. The van der Waals surface area contributed by atoms with Crippen molar-refractivity contribution in [3.63, 3.8) is 0 Å². The number of rotatable bonds is 7. The molecule has 2 fully saturated rings. The first-order valence-electron chi connectivity index (χ1n) is 9.66. The number of pyridine rings is 1. The average Bonchev–Trinajstić information content (AvgIpc) is 3.46. The van der Waals surface area contributed by atoms with Gasteiger partial charge in [0.05, 0.1) is 0 Å². The Morgan fingerprint density at radius 2 is 2.00 bits per heavy atom. The highest BCUT2D eigenvalue weighted by atomic mass is 35.5. The summed E-state index contributed by atoms with van der Waals surface area (Å²) in [5.41, 5.74) is 1.35. The maximum Gasteiger partial charge on any atom is 0.219 e. The van der Waals surface area contributed by atoms with Gasteiger partial charge in [-0.1, -0.05) is 6.07 Å². The number of benzene rings is 1. The summed E-state index contributed by atoms with van der Waals surface area (Å²) < 4.78 is 33.2. The lowest BCUT2D eigenvalue weighted by molar-refractivity contribution is 0.293. The van der Waals surface area contributed by atoms with Crippen molar-refractivity contribution in [3.05, 3.63) is 59.4 Å². The molecule has 1 saturated carbocycles. The summed E-state index contributed by atoms with van der Waals surface area (Å²) in [6.07, 6.45) is 4.85. The van der Waals surface area contributed by atoms with Crippen molar-refractivity contribution < 1.29 is 13.5 Å². The molecule has 7 heteroatoms. The van der Waals surface area contributed by atoms with Gasteiger partial charge in [0.25, 0.3) is 0 Å². The summed E-state index contributed by atoms with van der Waals surface area (Å²) in [5.74, 6) is 0.643. The van der Waals surface area contributed by atoms with Crippen LogP contribution in [0.5, 0.6) is 5.75 Å². The molecule has 0 unspecified atom stereocenters. The van der Waals surface area contributed by atoms with E-state index in [1.807, 2.05) is 0 Å². The first-order chi connectivity index (χ1) is 13.2. The fraction of sp³-hybridized carbons (Fsp3) is 0.476. The summed E-state index contributed by atoms with van der Waals surface area (Å²) >= 11 is 0. The summed E-state index contributed by atoms with van der Waals surface area (Å²) in [6, 6.07) is 8.35. The normalized spacial score (nSPS) is 21.8. The van der Waals surface area contributed by atoms with Gasteiger partial charge in [-0.05, 0) is 68.6 Å². The Hall–Kier alpha value is -1.76. The third-order valence-electron chi connectivity index (χ3n) is 5.51. The first kappa shape index (κ1) is 21.0. The van der Waals surface area contributed by atoms with E-state index < -0.39 is 5.95 Å². The minimum atomic E-state index is -0.552. The van der Waals surface area contributed by atoms with E-state index in [0.29, 0.717) is 23.3 Å². The molecule has 2 N–H and O–H groups in total. The number of nitrogens with one attached hydrogen (secondary N) is 2. The van der Waals surface area contributed by atoms with Gasteiger partial charge in [0.1, 0.15) is 18.2 Å². The number of halogens is 3. The SMILES string of the molecule is Cl.Fc1ccc([C@@H]2C[C@H]2NCC2CCNCC2)c(OCc2cccnc2F)c1. The van der Waals surface area contributed by atoms with Gasteiger partial charge in [-0.3, -0.25) is 0 Å². The Morgan fingerprint density at radius 1 is 1.18 bits per heavy atom. The van der Waals surface area contributed by atoms with Crippen LogP contribution >= 0.6 is 12.4 Å². The molecule has 0 amide bonds. The Labute approximate surface area is 170 Å². The van der Waals surface area contributed by atoms with Crippen LogP contribution in [0.1, 0.15) is 36.3 Å². The zero-order chi connectivity index (χ0) is 18.6. The molecule has 2 aliphatic rings. The predicted octanol–water partition coefficient (Wildman–Crippen LogP) is 3.81. The molecular weight excluding hydrogens is 384 g/mol. The van der Waals surface area contributed by atoms with E-state index in [4.69, 9.17) is 4.74 Å². The largest absolute Gasteiger partial charge is 0.488 e. The molecule has 4 rings (SSSR count). The van der Waals surface area contributed by atoms with Crippen LogP contribution in [0.4, 0.5) is 8.78 Å². The van der Waals surface area contributed by atoms with Crippen LogP contribution in [0.3, 0.4) is 0 Å².